The van der Waals surface area contributed by atoms with E-state index in [0.29, 0.717) is 6.04 Å². The maximum Gasteiger partial charge on any atom is 0.0793 e. The first kappa shape index (κ1) is 14.3. The van der Waals surface area contributed by atoms with Gasteiger partial charge in [-0.25, -0.2) is 0 Å². The normalized spacial score (nSPS) is 33.5. The zero-order valence-corrected chi connectivity index (χ0v) is 11.9. The summed E-state index contributed by atoms with van der Waals surface area (Å²) in [5.74, 6) is 0.849. The zero-order valence-electron chi connectivity index (χ0n) is 11.9. The van der Waals surface area contributed by atoms with Gasteiger partial charge in [-0.05, 0) is 32.2 Å². The van der Waals surface area contributed by atoms with Crippen LogP contribution in [0.4, 0.5) is 0 Å². The predicted octanol–water partition coefficient (Wildman–Crippen LogP) is 0.373. The minimum Gasteiger partial charge on any atom is -0.390 e. The Labute approximate surface area is 111 Å². The predicted molar refractivity (Wildman–Crippen MR) is 74.7 cm³/mol. The van der Waals surface area contributed by atoms with Gasteiger partial charge in [0, 0.05) is 45.3 Å². The summed E-state index contributed by atoms with van der Waals surface area (Å²) in [6.45, 7) is 11.7. The molecule has 2 heterocycles. The summed E-state index contributed by atoms with van der Waals surface area (Å²) in [5, 5.41) is 13.6. The number of aliphatic hydroxyl groups excluding tert-OH is 1. The van der Waals surface area contributed by atoms with Crippen molar-refractivity contribution in [3.8, 4) is 0 Å². The van der Waals surface area contributed by atoms with Crippen molar-refractivity contribution in [1.82, 2.24) is 15.1 Å². The Kier molecular flexibility index (Phi) is 5.42. The average molecular weight is 255 g/mol. The third kappa shape index (κ3) is 4.19. The SMILES string of the molecule is CC1CCN(CC(O)CN2CCNCC2)C(C)C1. The lowest BCUT2D eigenvalue weighted by atomic mass is 9.93. The van der Waals surface area contributed by atoms with E-state index < -0.39 is 0 Å². The van der Waals surface area contributed by atoms with Gasteiger partial charge in [0.05, 0.1) is 6.10 Å². The maximum atomic E-state index is 10.2. The lowest BCUT2D eigenvalue weighted by molar-refractivity contribution is 0.0374. The first-order valence-corrected chi connectivity index (χ1v) is 7.50. The number of rotatable bonds is 4. The molecule has 2 N–H and O–H groups in total. The van der Waals surface area contributed by atoms with Crippen LogP contribution in [0.5, 0.6) is 0 Å². The van der Waals surface area contributed by atoms with Crippen molar-refractivity contribution in [1.29, 1.82) is 0 Å². The number of β-amino-alcohol motifs (C(OH)–C–C–N with tert-alkyl or cyclic N) is 1. The van der Waals surface area contributed by atoms with Gasteiger partial charge >= 0.3 is 0 Å². The molecule has 3 atom stereocenters. The van der Waals surface area contributed by atoms with Gasteiger partial charge in [-0.3, -0.25) is 9.80 Å². The molecule has 2 aliphatic rings. The Balaban J connectivity index is 1.71. The second-order valence-corrected chi connectivity index (χ2v) is 6.18. The van der Waals surface area contributed by atoms with Crippen molar-refractivity contribution in [2.45, 2.75) is 38.8 Å². The molecule has 0 aliphatic carbocycles. The Morgan fingerprint density at radius 2 is 1.89 bits per heavy atom. The van der Waals surface area contributed by atoms with Crippen LogP contribution in [0.1, 0.15) is 26.7 Å². The fourth-order valence-electron chi connectivity index (χ4n) is 3.25. The number of likely N-dealkylation sites (tertiary alicyclic amines) is 1. The van der Waals surface area contributed by atoms with Crippen molar-refractivity contribution in [2.75, 3.05) is 45.8 Å². The Morgan fingerprint density at radius 3 is 2.56 bits per heavy atom. The van der Waals surface area contributed by atoms with Gasteiger partial charge < -0.3 is 10.4 Å². The lowest BCUT2D eigenvalue weighted by Gasteiger charge is -2.38. The number of piperazine rings is 1. The summed E-state index contributed by atoms with van der Waals surface area (Å²) >= 11 is 0. The van der Waals surface area contributed by atoms with Gasteiger partial charge in [-0.15, -0.1) is 0 Å². The summed E-state index contributed by atoms with van der Waals surface area (Å²) in [6.07, 6.45) is 2.37. The monoisotopic (exact) mass is 255 g/mol. The summed E-state index contributed by atoms with van der Waals surface area (Å²) in [7, 11) is 0. The molecule has 2 rings (SSSR count). The van der Waals surface area contributed by atoms with Gasteiger partial charge in [0.15, 0.2) is 0 Å². The van der Waals surface area contributed by atoms with Crippen LogP contribution in [0, 0.1) is 5.92 Å². The number of piperidine rings is 1. The van der Waals surface area contributed by atoms with Crippen LogP contribution >= 0.6 is 0 Å². The van der Waals surface area contributed by atoms with Gasteiger partial charge in [0.2, 0.25) is 0 Å². The minimum absolute atomic E-state index is 0.195. The molecule has 2 saturated heterocycles. The fourth-order valence-corrected chi connectivity index (χ4v) is 3.25. The minimum atomic E-state index is -0.195. The first-order chi connectivity index (χ1) is 8.65. The maximum absolute atomic E-state index is 10.2. The van der Waals surface area contributed by atoms with Crippen molar-refractivity contribution >= 4 is 0 Å². The molecular weight excluding hydrogens is 226 g/mol. The molecule has 0 aromatic carbocycles. The van der Waals surface area contributed by atoms with Crippen LogP contribution in [0.25, 0.3) is 0 Å². The fraction of sp³-hybridized carbons (Fsp3) is 1.00. The highest BCUT2D eigenvalue weighted by Gasteiger charge is 2.25. The molecule has 0 spiro atoms. The van der Waals surface area contributed by atoms with Crippen LogP contribution in [-0.4, -0.2) is 72.9 Å². The highest BCUT2D eigenvalue weighted by molar-refractivity contribution is 4.80. The molecule has 0 saturated carbocycles. The molecule has 0 bridgehead atoms. The molecule has 4 nitrogen and oxygen atoms in total. The van der Waals surface area contributed by atoms with E-state index in [2.05, 4.69) is 29.0 Å². The van der Waals surface area contributed by atoms with Crippen molar-refractivity contribution < 1.29 is 5.11 Å². The van der Waals surface area contributed by atoms with Gasteiger partial charge in [-0.2, -0.15) is 0 Å². The molecule has 4 heteroatoms. The average Bonchev–Trinajstić information content (AvgIpc) is 2.34. The van der Waals surface area contributed by atoms with Crippen LogP contribution in [-0.2, 0) is 0 Å². The van der Waals surface area contributed by atoms with Crippen molar-refractivity contribution in [2.24, 2.45) is 5.92 Å². The molecule has 2 fully saturated rings. The van der Waals surface area contributed by atoms with E-state index in [0.717, 1.165) is 51.7 Å². The third-order valence-corrected chi connectivity index (χ3v) is 4.40. The highest BCUT2D eigenvalue weighted by atomic mass is 16.3. The first-order valence-electron chi connectivity index (χ1n) is 7.50. The van der Waals surface area contributed by atoms with Crippen molar-refractivity contribution in [3.63, 3.8) is 0 Å². The van der Waals surface area contributed by atoms with E-state index in [4.69, 9.17) is 0 Å². The van der Waals surface area contributed by atoms with Crippen LogP contribution < -0.4 is 5.32 Å². The van der Waals surface area contributed by atoms with Crippen LogP contribution in [0.15, 0.2) is 0 Å². The topological polar surface area (TPSA) is 38.7 Å². The van der Waals surface area contributed by atoms with Crippen LogP contribution in [0.3, 0.4) is 0 Å². The van der Waals surface area contributed by atoms with Gasteiger partial charge in [-0.1, -0.05) is 6.92 Å². The largest absolute Gasteiger partial charge is 0.390 e. The van der Waals surface area contributed by atoms with Gasteiger partial charge in [0.1, 0.15) is 0 Å². The second kappa shape index (κ2) is 6.85. The molecule has 18 heavy (non-hydrogen) atoms. The molecular formula is C14H29N3O. The summed E-state index contributed by atoms with van der Waals surface area (Å²) in [6, 6.07) is 0.631. The quantitative estimate of drug-likeness (QED) is 0.761. The molecule has 0 aromatic heterocycles. The Bertz CT molecular complexity index is 243. The number of hydrogen-bond acceptors (Lipinski definition) is 4. The molecule has 3 unspecified atom stereocenters. The lowest BCUT2D eigenvalue weighted by Crippen LogP contribution is -2.50. The highest BCUT2D eigenvalue weighted by Crippen LogP contribution is 2.22. The Hall–Kier alpha value is -0.160. The standard InChI is InChI=1S/C14H29N3O/c1-12-3-6-17(13(2)9-12)11-14(18)10-16-7-4-15-5-8-16/h12-15,18H,3-11H2,1-2H3. The molecule has 0 aromatic rings. The zero-order chi connectivity index (χ0) is 13.0. The van der Waals surface area contributed by atoms with E-state index in [1.165, 1.54) is 12.8 Å². The molecule has 106 valence electrons. The number of hydrogen-bond donors (Lipinski definition) is 2. The molecule has 2 aliphatic heterocycles. The van der Waals surface area contributed by atoms with E-state index in [1.807, 2.05) is 0 Å². The molecule has 0 amide bonds. The molecule has 0 radical (unpaired) electrons. The summed E-state index contributed by atoms with van der Waals surface area (Å²) in [4.78, 5) is 4.84. The number of aliphatic hydroxyl groups is 1. The van der Waals surface area contributed by atoms with Gasteiger partial charge in [0.25, 0.3) is 0 Å². The van der Waals surface area contributed by atoms with E-state index in [1.54, 1.807) is 0 Å². The number of nitrogens with zero attached hydrogens (tertiary/aromatic N) is 2. The number of nitrogens with one attached hydrogen (secondary N) is 1. The van der Waals surface area contributed by atoms with Crippen molar-refractivity contribution in [3.05, 3.63) is 0 Å². The third-order valence-electron chi connectivity index (χ3n) is 4.40. The smallest absolute Gasteiger partial charge is 0.0793 e. The summed E-state index contributed by atoms with van der Waals surface area (Å²) in [5.41, 5.74) is 0. The second-order valence-electron chi connectivity index (χ2n) is 6.18. The van der Waals surface area contributed by atoms with E-state index >= 15 is 0 Å². The van der Waals surface area contributed by atoms with E-state index in [-0.39, 0.29) is 6.10 Å². The van der Waals surface area contributed by atoms with Crippen LogP contribution in [0.2, 0.25) is 0 Å². The Morgan fingerprint density at radius 1 is 1.17 bits per heavy atom. The van der Waals surface area contributed by atoms with E-state index in [9.17, 15) is 5.11 Å². The summed E-state index contributed by atoms with van der Waals surface area (Å²) < 4.78 is 0.